The summed E-state index contributed by atoms with van der Waals surface area (Å²) >= 11 is 0. The van der Waals surface area contributed by atoms with Gasteiger partial charge in [-0.15, -0.1) is 0 Å². The van der Waals surface area contributed by atoms with Gasteiger partial charge in [-0.05, 0) is 42.1 Å². The second-order valence-electron chi connectivity index (χ2n) is 9.24. The Morgan fingerprint density at radius 3 is 2.19 bits per heavy atom. The van der Waals surface area contributed by atoms with Gasteiger partial charge in [-0.2, -0.15) is 0 Å². The smallest absolute Gasteiger partial charge is 0.240 e. The van der Waals surface area contributed by atoms with E-state index < -0.39 is 29.7 Å². The summed E-state index contributed by atoms with van der Waals surface area (Å²) in [7, 11) is 0. The Hall–Kier alpha value is -3.50. The van der Waals surface area contributed by atoms with Crippen LogP contribution in [-0.2, 0) is 25.6 Å². The van der Waals surface area contributed by atoms with Crippen LogP contribution in [0.15, 0.2) is 42.5 Å². The molecule has 1 fully saturated rings. The molecule has 194 valence electrons. The van der Waals surface area contributed by atoms with Crippen LogP contribution in [0.4, 0.5) is 0 Å². The molecule has 8 N–H and O–H groups in total. The minimum Gasteiger partial charge on any atom is -0.370 e. The van der Waals surface area contributed by atoms with E-state index in [-0.39, 0.29) is 31.3 Å². The molecule has 0 aliphatic carbocycles. The van der Waals surface area contributed by atoms with Crippen LogP contribution in [0.2, 0.25) is 0 Å². The molecule has 1 saturated heterocycles. The number of nitrogens with zero attached hydrogens (tertiary/aromatic N) is 1. The summed E-state index contributed by atoms with van der Waals surface area (Å²) in [4.78, 5) is 51.3. The van der Waals surface area contributed by atoms with E-state index >= 15 is 0 Å². The van der Waals surface area contributed by atoms with Crippen molar-refractivity contribution in [3.05, 3.63) is 48.0 Å². The number of benzene rings is 2. The van der Waals surface area contributed by atoms with Gasteiger partial charge in [0.2, 0.25) is 23.6 Å². The van der Waals surface area contributed by atoms with Crippen LogP contribution in [-0.4, -0.2) is 67.3 Å². The van der Waals surface area contributed by atoms with Gasteiger partial charge in [-0.25, -0.2) is 0 Å². The summed E-state index contributed by atoms with van der Waals surface area (Å²) in [5, 5.41) is 8.05. The van der Waals surface area contributed by atoms with Crippen LogP contribution in [0.25, 0.3) is 10.8 Å². The van der Waals surface area contributed by atoms with E-state index in [1.165, 1.54) is 4.90 Å². The molecule has 2 aromatic rings. The van der Waals surface area contributed by atoms with Gasteiger partial charge >= 0.3 is 0 Å². The maximum atomic E-state index is 13.1. The van der Waals surface area contributed by atoms with Crippen LogP contribution >= 0.6 is 0 Å². The number of unbranched alkanes of at least 4 members (excludes halogenated alkanes) is 1. The van der Waals surface area contributed by atoms with E-state index in [1.807, 2.05) is 36.4 Å². The summed E-state index contributed by atoms with van der Waals surface area (Å²) in [5.74, 6) is -3.21. The molecule has 0 spiro atoms. The summed E-state index contributed by atoms with van der Waals surface area (Å²) in [6.45, 7) is 1.47. The summed E-state index contributed by atoms with van der Waals surface area (Å²) in [6, 6.07) is 13.1. The third-order valence-corrected chi connectivity index (χ3v) is 6.50. The predicted molar refractivity (Wildman–Crippen MR) is 137 cm³/mol. The Labute approximate surface area is 210 Å². The minimum absolute atomic E-state index is 0.0496. The van der Waals surface area contributed by atoms with Crippen molar-refractivity contribution in [1.82, 2.24) is 15.5 Å². The molecule has 1 aliphatic heterocycles. The minimum atomic E-state index is -1.11. The molecule has 0 unspecified atom stereocenters. The van der Waals surface area contributed by atoms with Crippen molar-refractivity contribution in [2.75, 3.05) is 32.7 Å². The van der Waals surface area contributed by atoms with Crippen molar-refractivity contribution in [3.63, 3.8) is 0 Å². The van der Waals surface area contributed by atoms with Gasteiger partial charge in [0.25, 0.3) is 0 Å². The molecule has 1 heterocycles. The lowest BCUT2D eigenvalue weighted by molar-refractivity contribution is -0.134. The molecule has 0 bridgehead atoms. The number of amides is 4. The molecule has 10 nitrogen and oxygen atoms in total. The lowest BCUT2D eigenvalue weighted by atomic mass is 9.94. The summed E-state index contributed by atoms with van der Waals surface area (Å²) < 4.78 is 0. The maximum Gasteiger partial charge on any atom is 0.240 e. The fourth-order valence-electron chi connectivity index (χ4n) is 4.52. The Morgan fingerprint density at radius 2 is 1.56 bits per heavy atom. The first-order valence-corrected chi connectivity index (χ1v) is 12.4. The van der Waals surface area contributed by atoms with Gasteiger partial charge in [0.1, 0.15) is 0 Å². The average Bonchev–Trinajstić information content (AvgIpc) is 3.31. The van der Waals surface area contributed by atoms with Crippen molar-refractivity contribution in [2.45, 2.75) is 31.7 Å². The molecule has 2 aromatic carbocycles. The average molecular weight is 497 g/mol. The highest BCUT2D eigenvalue weighted by atomic mass is 16.2. The van der Waals surface area contributed by atoms with E-state index in [2.05, 4.69) is 16.7 Å². The predicted octanol–water partition coefficient (Wildman–Crippen LogP) is -0.369. The molecule has 0 radical (unpaired) electrons. The fraction of sp³-hybridized carbons (Fsp3) is 0.462. The maximum absolute atomic E-state index is 13.1. The van der Waals surface area contributed by atoms with Crippen LogP contribution in [0.1, 0.15) is 24.8 Å². The van der Waals surface area contributed by atoms with E-state index in [4.69, 9.17) is 17.2 Å². The molecule has 0 saturated carbocycles. The van der Waals surface area contributed by atoms with Crippen LogP contribution in [0.5, 0.6) is 0 Å². The first-order valence-electron chi connectivity index (χ1n) is 12.4. The fourth-order valence-corrected chi connectivity index (χ4v) is 4.52. The highest BCUT2D eigenvalue weighted by Gasteiger charge is 2.44. The number of fused-ring (bicyclic) bond motifs is 1. The Kier molecular flexibility index (Phi) is 9.77. The first-order chi connectivity index (χ1) is 17.3. The largest absolute Gasteiger partial charge is 0.370 e. The molecule has 3 atom stereocenters. The van der Waals surface area contributed by atoms with E-state index in [9.17, 15) is 19.2 Å². The van der Waals surface area contributed by atoms with Gasteiger partial charge < -0.3 is 32.7 Å². The van der Waals surface area contributed by atoms with Crippen LogP contribution < -0.4 is 27.8 Å². The van der Waals surface area contributed by atoms with E-state index in [0.29, 0.717) is 26.1 Å². The van der Waals surface area contributed by atoms with Gasteiger partial charge in [0, 0.05) is 26.2 Å². The van der Waals surface area contributed by atoms with Gasteiger partial charge in [0.05, 0.1) is 24.3 Å². The van der Waals surface area contributed by atoms with Gasteiger partial charge in [-0.3, -0.25) is 19.2 Å². The monoisotopic (exact) mass is 496 g/mol. The number of hydrogen-bond donors (Lipinski definition) is 5. The van der Waals surface area contributed by atoms with E-state index in [0.717, 1.165) is 29.2 Å². The zero-order valence-corrected chi connectivity index (χ0v) is 20.4. The molecule has 3 rings (SSSR count). The number of carbonyl (C=O) groups is 4. The summed E-state index contributed by atoms with van der Waals surface area (Å²) in [5.41, 5.74) is 17.6. The number of carbonyl (C=O) groups excluding carboxylic acids is 4. The lowest BCUT2D eigenvalue weighted by Gasteiger charge is -2.20. The third-order valence-electron chi connectivity index (χ3n) is 6.50. The van der Waals surface area contributed by atoms with Crippen molar-refractivity contribution >= 4 is 34.4 Å². The number of rotatable bonds is 12. The number of nitrogens with two attached hydrogens (primary N) is 3. The third kappa shape index (κ3) is 7.25. The second kappa shape index (κ2) is 13.0. The Morgan fingerprint density at radius 1 is 0.917 bits per heavy atom. The van der Waals surface area contributed by atoms with Crippen molar-refractivity contribution in [2.24, 2.45) is 29.0 Å². The number of hydrogen-bond acceptors (Lipinski definition) is 6. The quantitative estimate of drug-likeness (QED) is 0.251. The topological polar surface area (TPSA) is 174 Å². The summed E-state index contributed by atoms with van der Waals surface area (Å²) in [6.07, 6.45) is 1.83. The standard InChI is InChI=1S/C26H36N6O4/c27-10-3-4-11-30-24(34)20-15-32(26(36)22(28)14-23(29)33)16-21(20)25(35)31-12-9-17-7-8-18-5-1-2-6-19(18)13-17/h1-2,5-8,13,20-22H,3-4,9-12,14-16,27-28H2,(H2,29,33)(H,30,34)(H,31,35)/t20-,21-,22+/m1/s1. The first kappa shape index (κ1) is 27.1. The Balaban J connectivity index is 1.62. The number of nitrogens with one attached hydrogen (secondary N) is 2. The highest BCUT2D eigenvalue weighted by molar-refractivity contribution is 5.92. The molecular weight excluding hydrogens is 460 g/mol. The van der Waals surface area contributed by atoms with Gasteiger partial charge in [-0.1, -0.05) is 42.5 Å². The van der Waals surface area contributed by atoms with E-state index in [1.54, 1.807) is 0 Å². The van der Waals surface area contributed by atoms with Crippen molar-refractivity contribution < 1.29 is 19.2 Å². The number of primary amides is 1. The van der Waals surface area contributed by atoms with Gasteiger partial charge in [0.15, 0.2) is 0 Å². The molecule has 4 amide bonds. The molecule has 1 aliphatic rings. The zero-order valence-electron chi connectivity index (χ0n) is 20.4. The lowest BCUT2D eigenvalue weighted by Crippen LogP contribution is -2.45. The Bertz CT molecular complexity index is 1090. The van der Waals surface area contributed by atoms with Crippen molar-refractivity contribution in [3.8, 4) is 0 Å². The molecular formula is C26H36N6O4. The second-order valence-corrected chi connectivity index (χ2v) is 9.24. The highest BCUT2D eigenvalue weighted by Crippen LogP contribution is 2.25. The normalized spacial score (nSPS) is 18.1. The van der Waals surface area contributed by atoms with Crippen LogP contribution in [0.3, 0.4) is 0 Å². The molecule has 36 heavy (non-hydrogen) atoms. The molecule has 10 heteroatoms. The van der Waals surface area contributed by atoms with Crippen molar-refractivity contribution in [1.29, 1.82) is 0 Å². The van der Waals surface area contributed by atoms with Crippen LogP contribution in [0, 0.1) is 11.8 Å². The molecule has 0 aromatic heterocycles. The SMILES string of the molecule is NCCCCNC(=O)[C@@H]1CN(C(=O)[C@@H](N)CC(N)=O)C[C@H]1C(=O)NCCc1ccc2ccccc2c1. The number of likely N-dealkylation sites (tertiary alicyclic amines) is 1. The zero-order chi connectivity index (χ0) is 26.1.